The molecule has 0 aliphatic rings. The summed E-state index contributed by atoms with van der Waals surface area (Å²) in [6, 6.07) is 8.70. The molecule has 1 heterocycles. The van der Waals surface area contributed by atoms with Gasteiger partial charge in [0, 0.05) is 18.8 Å². The number of imidazole rings is 1. The number of aromatic amines is 1. The summed E-state index contributed by atoms with van der Waals surface area (Å²) in [5.74, 6) is 2.13. The fourth-order valence-corrected chi connectivity index (χ4v) is 3.23. The number of unbranched alkanes of at least 4 members (excludes halogenated alkanes) is 8. The molecule has 0 saturated carbocycles. The van der Waals surface area contributed by atoms with Crippen LogP contribution < -0.4 is 4.74 Å². The number of ether oxygens (including phenoxy) is 1. The van der Waals surface area contributed by atoms with Crippen molar-refractivity contribution in [2.45, 2.75) is 84.0 Å². The van der Waals surface area contributed by atoms with Crippen molar-refractivity contribution >= 4 is 0 Å². The molecule has 1 N–H and O–H groups in total. The van der Waals surface area contributed by atoms with Gasteiger partial charge in [-0.1, -0.05) is 64.0 Å². The third kappa shape index (κ3) is 9.07. The summed E-state index contributed by atoms with van der Waals surface area (Å²) in [7, 11) is 0. The summed E-state index contributed by atoms with van der Waals surface area (Å²) in [4.78, 5) is 7.43. The summed E-state index contributed by atoms with van der Waals surface area (Å²) in [5.41, 5.74) is 1.42. The van der Waals surface area contributed by atoms with E-state index in [-0.39, 0.29) is 0 Å². The Hall–Kier alpha value is -1.77. The highest BCUT2D eigenvalue weighted by molar-refractivity contribution is 5.27. The number of aromatic nitrogens is 2. The molecule has 0 atom stereocenters. The fraction of sp³-hybridized carbons (Fsp3) is 0.609. The minimum absolute atomic E-state index is 0.848. The van der Waals surface area contributed by atoms with Crippen LogP contribution in [0, 0.1) is 0 Å². The van der Waals surface area contributed by atoms with E-state index < -0.39 is 0 Å². The second kappa shape index (κ2) is 13.4. The van der Waals surface area contributed by atoms with Gasteiger partial charge in [0.05, 0.1) is 6.61 Å². The third-order valence-corrected chi connectivity index (χ3v) is 4.87. The second-order valence-electron chi connectivity index (χ2n) is 7.21. The van der Waals surface area contributed by atoms with E-state index in [0.29, 0.717) is 0 Å². The number of benzene rings is 1. The first kappa shape index (κ1) is 20.5. The van der Waals surface area contributed by atoms with E-state index in [0.717, 1.165) is 24.6 Å². The van der Waals surface area contributed by atoms with Crippen LogP contribution in [0.3, 0.4) is 0 Å². The monoisotopic (exact) mass is 356 g/mol. The van der Waals surface area contributed by atoms with Gasteiger partial charge in [-0.3, -0.25) is 0 Å². The van der Waals surface area contributed by atoms with Crippen LogP contribution in [0.4, 0.5) is 0 Å². The van der Waals surface area contributed by atoms with Crippen LogP contribution in [0.1, 0.15) is 82.5 Å². The highest BCUT2D eigenvalue weighted by Crippen LogP contribution is 2.16. The Morgan fingerprint density at radius 1 is 0.808 bits per heavy atom. The highest BCUT2D eigenvalue weighted by atomic mass is 16.5. The third-order valence-electron chi connectivity index (χ3n) is 4.87. The molecule has 3 nitrogen and oxygen atoms in total. The maximum Gasteiger partial charge on any atom is 0.119 e. The minimum Gasteiger partial charge on any atom is -0.494 e. The summed E-state index contributed by atoms with van der Waals surface area (Å²) in [5, 5.41) is 0. The van der Waals surface area contributed by atoms with Gasteiger partial charge in [0.25, 0.3) is 0 Å². The standard InChI is InChI=1S/C23H36N2O/c1-2-3-4-5-8-11-20-26-22-16-14-21(15-17-22)12-9-6-7-10-13-23-24-18-19-25-23/h14-19H,2-13,20H2,1H3,(H,24,25). The molecule has 0 saturated heterocycles. The fourth-order valence-electron chi connectivity index (χ4n) is 3.23. The number of hydrogen-bond acceptors (Lipinski definition) is 2. The molecule has 1 aromatic heterocycles. The van der Waals surface area contributed by atoms with Crippen LogP contribution in [0.2, 0.25) is 0 Å². The lowest BCUT2D eigenvalue weighted by atomic mass is 10.1. The molecule has 0 radical (unpaired) electrons. The van der Waals surface area contributed by atoms with Gasteiger partial charge in [-0.05, 0) is 43.4 Å². The first-order chi connectivity index (χ1) is 12.9. The van der Waals surface area contributed by atoms with E-state index in [4.69, 9.17) is 4.74 Å². The maximum atomic E-state index is 5.85. The summed E-state index contributed by atoms with van der Waals surface area (Å²) in [6.45, 7) is 3.11. The van der Waals surface area contributed by atoms with Crippen molar-refractivity contribution in [2.75, 3.05) is 6.61 Å². The minimum atomic E-state index is 0.848. The Bertz CT molecular complexity index is 548. The molecule has 0 aliphatic heterocycles. The van der Waals surface area contributed by atoms with Gasteiger partial charge in [-0.15, -0.1) is 0 Å². The summed E-state index contributed by atoms with van der Waals surface area (Å²) in [6.07, 6.45) is 18.9. The van der Waals surface area contributed by atoms with E-state index in [9.17, 15) is 0 Å². The van der Waals surface area contributed by atoms with Crippen molar-refractivity contribution in [2.24, 2.45) is 0 Å². The van der Waals surface area contributed by atoms with Crippen molar-refractivity contribution in [3.05, 3.63) is 48.0 Å². The molecule has 144 valence electrons. The first-order valence-electron chi connectivity index (χ1n) is 10.6. The van der Waals surface area contributed by atoms with Crippen molar-refractivity contribution in [3.63, 3.8) is 0 Å². The molecule has 3 heteroatoms. The zero-order valence-corrected chi connectivity index (χ0v) is 16.5. The lowest BCUT2D eigenvalue weighted by molar-refractivity contribution is 0.304. The first-order valence-corrected chi connectivity index (χ1v) is 10.6. The van der Waals surface area contributed by atoms with Gasteiger partial charge >= 0.3 is 0 Å². The Morgan fingerprint density at radius 3 is 2.23 bits per heavy atom. The molecular formula is C23H36N2O. The zero-order valence-electron chi connectivity index (χ0n) is 16.5. The molecule has 0 spiro atoms. The van der Waals surface area contributed by atoms with Crippen LogP contribution >= 0.6 is 0 Å². The van der Waals surface area contributed by atoms with E-state index in [1.165, 1.54) is 76.2 Å². The van der Waals surface area contributed by atoms with Gasteiger partial charge in [0.2, 0.25) is 0 Å². The Morgan fingerprint density at radius 2 is 1.50 bits per heavy atom. The lowest BCUT2D eigenvalue weighted by Gasteiger charge is -2.07. The molecule has 0 fully saturated rings. The van der Waals surface area contributed by atoms with Crippen LogP contribution in [-0.2, 0) is 12.8 Å². The average molecular weight is 357 g/mol. The molecule has 0 unspecified atom stereocenters. The molecule has 26 heavy (non-hydrogen) atoms. The molecular weight excluding hydrogens is 320 g/mol. The Kier molecular flexibility index (Phi) is 10.6. The van der Waals surface area contributed by atoms with Gasteiger partial charge in [0.15, 0.2) is 0 Å². The van der Waals surface area contributed by atoms with E-state index in [2.05, 4.69) is 41.2 Å². The Labute approximate surface area is 159 Å². The SMILES string of the molecule is CCCCCCCCOc1ccc(CCCCCCc2ncc[nH]2)cc1. The highest BCUT2D eigenvalue weighted by Gasteiger charge is 1.99. The average Bonchev–Trinajstić information content (AvgIpc) is 3.18. The number of nitrogens with zero attached hydrogens (tertiary/aromatic N) is 1. The van der Waals surface area contributed by atoms with E-state index in [1.54, 1.807) is 0 Å². The molecule has 1 aromatic carbocycles. The van der Waals surface area contributed by atoms with Crippen LogP contribution in [0.15, 0.2) is 36.7 Å². The number of nitrogens with one attached hydrogen (secondary N) is 1. The van der Waals surface area contributed by atoms with Gasteiger partial charge in [-0.2, -0.15) is 0 Å². The zero-order chi connectivity index (χ0) is 18.3. The Balaban J connectivity index is 1.47. The maximum absolute atomic E-state index is 5.85. The topological polar surface area (TPSA) is 37.9 Å². The van der Waals surface area contributed by atoms with Crippen molar-refractivity contribution in [3.8, 4) is 5.75 Å². The molecule has 0 amide bonds. The normalized spacial score (nSPS) is 11.0. The quantitative estimate of drug-likeness (QED) is 0.370. The predicted molar refractivity (Wildman–Crippen MR) is 110 cm³/mol. The number of hydrogen-bond donors (Lipinski definition) is 1. The largest absolute Gasteiger partial charge is 0.494 e. The van der Waals surface area contributed by atoms with Crippen LogP contribution in [-0.4, -0.2) is 16.6 Å². The van der Waals surface area contributed by atoms with Crippen molar-refractivity contribution in [1.29, 1.82) is 0 Å². The molecule has 2 aromatic rings. The molecule has 2 rings (SSSR count). The van der Waals surface area contributed by atoms with Gasteiger partial charge < -0.3 is 9.72 Å². The van der Waals surface area contributed by atoms with Gasteiger partial charge in [0.1, 0.15) is 11.6 Å². The number of rotatable bonds is 15. The van der Waals surface area contributed by atoms with Crippen LogP contribution in [0.5, 0.6) is 5.75 Å². The van der Waals surface area contributed by atoms with E-state index in [1.807, 2.05) is 12.4 Å². The van der Waals surface area contributed by atoms with E-state index >= 15 is 0 Å². The molecule has 0 aliphatic carbocycles. The second-order valence-corrected chi connectivity index (χ2v) is 7.21. The van der Waals surface area contributed by atoms with Crippen molar-refractivity contribution < 1.29 is 4.74 Å². The summed E-state index contributed by atoms with van der Waals surface area (Å²) >= 11 is 0. The lowest BCUT2D eigenvalue weighted by Crippen LogP contribution is -1.97. The molecule has 0 bridgehead atoms. The predicted octanol–water partition coefficient (Wildman–Crippen LogP) is 6.49. The smallest absolute Gasteiger partial charge is 0.119 e. The number of H-pyrrole nitrogens is 1. The van der Waals surface area contributed by atoms with Gasteiger partial charge in [-0.25, -0.2) is 4.98 Å². The van der Waals surface area contributed by atoms with Crippen LogP contribution in [0.25, 0.3) is 0 Å². The van der Waals surface area contributed by atoms with Crippen molar-refractivity contribution in [1.82, 2.24) is 9.97 Å². The summed E-state index contributed by atoms with van der Waals surface area (Å²) < 4.78 is 5.85. The number of aryl methyl sites for hydroxylation is 2.